The minimum atomic E-state index is -0.804. The minimum absolute atomic E-state index is 0.0820. The first kappa shape index (κ1) is 28.8. The standard InChI is InChI=1S/C32H37N3O5/c1-21(2)16-29(31(38)34-23(19-36)17-22-10-4-3-5-11-22)35-30(37)18-33-32(39)40-20-28-26-14-8-6-12-24(26)25-13-7-9-15-27(25)28/h3-15,21,23,28-29,36H,16-20H2,1-2H3,(H,33,39)(H,34,38)(H,35,37)/t23-,29-/m0/s1. The van der Waals surface area contributed by atoms with Gasteiger partial charge >= 0.3 is 6.09 Å². The smallest absolute Gasteiger partial charge is 0.407 e. The molecular weight excluding hydrogens is 506 g/mol. The highest BCUT2D eigenvalue weighted by atomic mass is 16.5. The van der Waals surface area contributed by atoms with Crippen molar-refractivity contribution in [3.63, 3.8) is 0 Å². The van der Waals surface area contributed by atoms with Crippen molar-refractivity contribution < 1.29 is 24.2 Å². The number of aliphatic hydroxyl groups is 1. The van der Waals surface area contributed by atoms with E-state index < -0.39 is 24.1 Å². The first-order valence-electron chi connectivity index (χ1n) is 13.7. The van der Waals surface area contributed by atoms with Gasteiger partial charge in [0.05, 0.1) is 12.6 Å². The van der Waals surface area contributed by atoms with Gasteiger partial charge in [-0.15, -0.1) is 0 Å². The molecule has 210 valence electrons. The summed E-state index contributed by atoms with van der Waals surface area (Å²) in [4.78, 5) is 38.1. The molecule has 1 aliphatic rings. The van der Waals surface area contributed by atoms with Crippen LogP contribution in [0.25, 0.3) is 11.1 Å². The van der Waals surface area contributed by atoms with E-state index in [2.05, 4.69) is 28.1 Å². The van der Waals surface area contributed by atoms with Crippen molar-refractivity contribution in [1.82, 2.24) is 16.0 Å². The van der Waals surface area contributed by atoms with E-state index in [0.717, 1.165) is 27.8 Å². The number of amides is 3. The highest BCUT2D eigenvalue weighted by molar-refractivity contribution is 5.89. The van der Waals surface area contributed by atoms with Gasteiger partial charge in [-0.05, 0) is 46.6 Å². The summed E-state index contributed by atoms with van der Waals surface area (Å²) in [5.41, 5.74) is 5.45. The van der Waals surface area contributed by atoms with Gasteiger partial charge in [-0.2, -0.15) is 0 Å². The second kappa shape index (κ2) is 13.8. The number of aliphatic hydroxyl groups excluding tert-OH is 1. The third-order valence-electron chi connectivity index (χ3n) is 6.99. The summed E-state index contributed by atoms with van der Waals surface area (Å²) in [6, 6.07) is 24.4. The molecule has 0 spiro atoms. The van der Waals surface area contributed by atoms with E-state index >= 15 is 0 Å². The quantitative estimate of drug-likeness (QED) is 0.278. The molecule has 3 aromatic carbocycles. The van der Waals surface area contributed by atoms with Gasteiger partial charge in [0.2, 0.25) is 11.8 Å². The van der Waals surface area contributed by atoms with E-state index in [1.54, 1.807) is 0 Å². The number of carbonyl (C=O) groups excluding carboxylic acids is 3. The van der Waals surface area contributed by atoms with Crippen LogP contribution in [0, 0.1) is 5.92 Å². The molecule has 0 unspecified atom stereocenters. The molecule has 0 fully saturated rings. The lowest BCUT2D eigenvalue weighted by atomic mass is 9.98. The van der Waals surface area contributed by atoms with Crippen molar-refractivity contribution in [2.75, 3.05) is 19.8 Å². The first-order valence-corrected chi connectivity index (χ1v) is 13.7. The van der Waals surface area contributed by atoms with Crippen molar-refractivity contribution in [3.8, 4) is 11.1 Å². The van der Waals surface area contributed by atoms with Gasteiger partial charge in [0.1, 0.15) is 19.2 Å². The Morgan fingerprint density at radius 2 is 1.45 bits per heavy atom. The normalized spacial score (nSPS) is 13.6. The van der Waals surface area contributed by atoms with E-state index in [0.29, 0.717) is 12.8 Å². The molecule has 0 saturated carbocycles. The summed E-state index contributed by atoms with van der Waals surface area (Å²) in [6.07, 6.45) is 0.172. The van der Waals surface area contributed by atoms with Crippen LogP contribution in [0.3, 0.4) is 0 Å². The number of carbonyl (C=O) groups is 3. The van der Waals surface area contributed by atoms with Gasteiger partial charge in [0, 0.05) is 5.92 Å². The topological polar surface area (TPSA) is 117 Å². The maximum atomic E-state index is 13.0. The maximum absolute atomic E-state index is 13.0. The number of rotatable bonds is 12. The Bertz CT molecular complexity index is 1270. The Morgan fingerprint density at radius 3 is 2.05 bits per heavy atom. The fourth-order valence-electron chi connectivity index (χ4n) is 5.11. The molecule has 3 aromatic rings. The fraction of sp³-hybridized carbons (Fsp3) is 0.344. The van der Waals surface area contributed by atoms with Gasteiger partial charge < -0.3 is 25.8 Å². The van der Waals surface area contributed by atoms with Gasteiger partial charge in [0.25, 0.3) is 0 Å². The van der Waals surface area contributed by atoms with Crippen LogP contribution in [0.5, 0.6) is 0 Å². The lowest BCUT2D eigenvalue weighted by Gasteiger charge is -2.24. The predicted octanol–water partition coefficient (Wildman–Crippen LogP) is 3.78. The summed E-state index contributed by atoms with van der Waals surface area (Å²) >= 11 is 0. The number of hydrogen-bond donors (Lipinski definition) is 4. The van der Waals surface area contributed by atoms with Crippen molar-refractivity contribution in [3.05, 3.63) is 95.6 Å². The van der Waals surface area contributed by atoms with Gasteiger partial charge in [-0.25, -0.2) is 4.79 Å². The SMILES string of the molecule is CC(C)C[C@H](NC(=O)CNC(=O)OCC1c2ccccc2-c2ccccc21)C(=O)N[C@H](CO)Cc1ccccc1. The van der Waals surface area contributed by atoms with E-state index in [-0.39, 0.29) is 37.5 Å². The zero-order valence-electron chi connectivity index (χ0n) is 22.9. The van der Waals surface area contributed by atoms with Crippen molar-refractivity contribution in [2.45, 2.75) is 44.7 Å². The number of fused-ring (bicyclic) bond motifs is 3. The lowest BCUT2D eigenvalue weighted by Crippen LogP contribution is -2.53. The highest BCUT2D eigenvalue weighted by Crippen LogP contribution is 2.44. The molecule has 4 N–H and O–H groups in total. The Morgan fingerprint density at radius 1 is 0.850 bits per heavy atom. The Kier molecular flexibility index (Phi) is 9.91. The third-order valence-corrected chi connectivity index (χ3v) is 6.99. The lowest BCUT2D eigenvalue weighted by molar-refractivity contribution is -0.129. The first-order chi connectivity index (χ1) is 19.4. The molecule has 0 aromatic heterocycles. The average Bonchev–Trinajstić information content (AvgIpc) is 3.28. The van der Waals surface area contributed by atoms with Crippen molar-refractivity contribution in [1.29, 1.82) is 0 Å². The molecule has 8 nitrogen and oxygen atoms in total. The van der Waals surface area contributed by atoms with E-state index in [4.69, 9.17) is 4.74 Å². The predicted molar refractivity (Wildman–Crippen MR) is 154 cm³/mol. The van der Waals surface area contributed by atoms with Gasteiger partial charge in [-0.1, -0.05) is 92.7 Å². The number of nitrogens with one attached hydrogen (secondary N) is 3. The van der Waals surface area contributed by atoms with Crippen LogP contribution in [-0.2, 0) is 20.7 Å². The van der Waals surface area contributed by atoms with Crippen LogP contribution >= 0.6 is 0 Å². The zero-order valence-corrected chi connectivity index (χ0v) is 22.9. The molecular formula is C32H37N3O5. The Hall–Kier alpha value is -4.17. The van der Waals surface area contributed by atoms with Gasteiger partial charge in [0.15, 0.2) is 0 Å². The van der Waals surface area contributed by atoms with Crippen LogP contribution in [0.15, 0.2) is 78.9 Å². The average molecular weight is 544 g/mol. The van der Waals surface area contributed by atoms with E-state index in [1.165, 1.54) is 0 Å². The molecule has 0 heterocycles. The largest absolute Gasteiger partial charge is 0.449 e. The molecule has 2 atom stereocenters. The number of alkyl carbamates (subject to hydrolysis) is 1. The van der Waals surface area contributed by atoms with Crippen LogP contribution < -0.4 is 16.0 Å². The summed E-state index contributed by atoms with van der Waals surface area (Å²) < 4.78 is 5.49. The molecule has 40 heavy (non-hydrogen) atoms. The molecule has 0 bridgehead atoms. The molecule has 0 saturated heterocycles. The zero-order chi connectivity index (χ0) is 28.5. The maximum Gasteiger partial charge on any atom is 0.407 e. The minimum Gasteiger partial charge on any atom is -0.449 e. The van der Waals surface area contributed by atoms with Crippen LogP contribution in [-0.4, -0.2) is 54.9 Å². The highest BCUT2D eigenvalue weighted by Gasteiger charge is 2.29. The third kappa shape index (κ3) is 7.48. The number of ether oxygens (including phenoxy) is 1. The summed E-state index contributed by atoms with van der Waals surface area (Å²) in [5, 5.41) is 17.9. The Balaban J connectivity index is 1.28. The van der Waals surface area contributed by atoms with Gasteiger partial charge in [-0.3, -0.25) is 9.59 Å². The molecule has 0 radical (unpaired) electrons. The van der Waals surface area contributed by atoms with Crippen LogP contribution in [0.2, 0.25) is 0 Å². The van der Waals surface area contributed by atoms with E-state index in [1.807, 2.05) is 80.6 Å². The Labute approximate surface area is 235 Å². The molecule has 1 aliphatic carbocycles. The molecule has 4 rings (SSSR count). The number of benzene rings is 3. The summed E-state index contributed by atoms with van der Waals surface area (Å²) in [6.45, 7) is 3.49. The summed E-state index contributed by atoms with van der Waals surface area (Å²) in [7, 11) is 0. The van der Waals surface area contributed by atoms with Crippen LogP contribution in [0.1, 0.15) is 42.9 Å². The van der Waals surface area contributed by atoms with Crippen LogP contribution in [0.4, 0.5) is 4.79 Å². The number of hydrogen-bond acceptors (Lipinski definition) is 5. The monoisotopic (exact) mass is 543 g/mol. The molecule has 0 aliphatic heterocycles. The van der Waals surface area contributed by atoms with Crippen molar-refractivity contribution >= 4 is 17.9 Å². The molecule has 3 amide bonds. The second-order valence-electron chi connectivity index (χ2n) is 10.5. The summed E-state index contributed by atoms with van der Waals surface area (Å²) in [5.74, 6) is -0.828. The van der Waals surface area contributed by atoms with E-state index in [9.17, 15) is 19.5 Å². The second-order valence-corrected chi connectivity index (χ2v) is 10.5. The van der Waals surface area contributed by atoms with Crippen molar-refractivity contribution in [2.24, 2.45) is 5.92 Å². The molecule has 8 heteroatoms. The fourth-order valence-corrected chi connectivity index (χ4v) is 5.11.